The molecule has 1 heterocycles. The Morgan fingerprint density at radius 1 is 1.57 bits per heavy atom. The molecule has 0 spiro atoms. The fourth-order valence-electron chi connectivity index (χ4n) is 1.49. The molecule has 0 aliphatic heterocycles. The van der Waals surface area contributed by atoms with E-state index in [0.717, 1.165) is 18.1 Å². The first-order valence-corrected chi connectivity index (χ1v) is 4.87. The lowest BCUT2D eigenvalue weighted by molar-refractivity contribution is 0.288. The predicted molar refractivity (Wildman–Crippen MR) is 58.3 cm³/mol. The third-order valence-electron chi connectivity index (χ3n) is 2.49. The van der Waals surface area contributed by atoms with E-state index in [-0.39, 0.29) is 0 Å². The van der Waals surface area contributed by atoms with Gasteiger partial charge in [0.15, 0.2) is 0 Å². The highest BCUT2D eigenvalue weighted by molar-refractivity contribution is 5.08. The summed E-state index contributed by atoms with van der Waals surface area (Å²) in [6.07, 6.45) is 2.09. The normalized spacial score (nSPS) is 13.6. The molecule has 80 valence electrons. The van der Waals surface area contributed by atoms with Crippen molar-refractivity contribution in [3.63, 3.8) is 0 Å². The predicted octanol–water partition coefficient (Wildman–Crippen LogP) is 0.551. The monoisotopic (exact) mass is 196 g/mol. The highest BCUT2D eigenvalue weighted by Gasteiger charge is 2.16. The van der Waals surface area contributed by atoms with Crippen LogP contribution in [0.15, 0.2) is 6.20 Å². The van der Waals surface area contributed by atoms with E-state index in [1.54, 1.807) is 0 Å². The van der Waals surface area contributed by atoms with Gasteiger partial charge in [0.1, 0.15) is 5.82 Å². The summed E-state index contributed by atoms with van der Waals surface area (Å²) in [7, 11) is 8.14. The lowest BCUT2D eigenvalue weighted by Crippen LogP contribution is -2.29. The first-order chi connectivity index (χ1) is 6.56. The van der Waals surface area contributed by atoms with Crippen LogP contribution in [-0.4, -0.2) is 42.1 Å². The number of hydrogen-bond acceptors (Lipinski definition) is 3. The highest BCUT2D eigenvalue weighted by Crippen LogP contribution is 2.15. The second-order valence-electron chi connectivity index (χ2n) is 3.86. The quantitative estimate of drug-likeness (QED) is 0.763. The Kier molecular flexibility index (Phi) is 3.66. The number of rotatable bonds is 4. The molecule has 1 atom stereocenters. The molecule has 0 fully saturated rings. The minimum atomic E-state index is 0.347. The van der Waals surface area contributed by atoms with E-state index < -0.39 is 0 Å². The zero-order chi connectivity index (χ0) is 10.7. The molecule has 0 saturated carbocycles. The zero-order valence-electron chi connectivity index (χ0n) is 9.70. The van der Waals surface area contributed by atoms with E-state index >= 15 is 0 Å². The number of aryl methyl sites for hydroxylation is 2. The first kappa shape index (κ1) is 11.2. The van der Waals surface area contributed by atoms with Gasteiger partial charge < -0.3 is 9.88 Å². The topological polar surface area (TPSA) is 33.1 Å². The molecule has 0 aliphatic carbocycles. The molecule has 1 aromatic heterocycles. The van der Waals surface area contributed by atoms with Crippen LogP contribution in [0.4, 0.5) is 0 Å². The lowest BCUT2D eigenvalue weighted by Gasteiger charge is -2.21. The van der Waals surface area contributed by atoms with Gasteiger partial charge in [0.25, 0.3) is 0 Å². The fourth-order valence-corrected chi connectivity index (χ4v) is 1.49. The molecule has 0 saturated heterocycles. The number of nitrogens with one attached hydrogen (secondary N) is 1. The summed E-state index contributed by atoms with van der Waals surface area (Å²) in [5.74, 6) is 1.06. The van der Waals surface area contributed by atoms with Gasteiger partial charge in [-0.1, -0.05) is 0 Å². The average Bonchev–Trinajstić information content (AvgIpc) is 2.42. The second-order valence-corrected chi connectivity index (χ2v) is 3.86. The van der Waals surface area contributed by atoms with Crippen molar-refractivity contribution in [2.24, 2.45) is 7.05 Å². The van der Waals surface area contributed by atoms with Gasteiger partial charge in [-0.3, -0.25) is 4.90 Å². The van der Waals surface area contributed by atoms with Crippen molar-refractivity contribution in [1.82, 2.24) is 19.8 Å². The molecule has 0 amide bonds. The smallest absolute Gasteiger partial charge is 0.105 e. The van der Waals surface area contributed by atoms with Gasteiger partial charge in [-0.2, -0.15) is 0 Å². The molecule has 1 N–H and O–H groups in total. The van der Waals surface area contributed by atoms with Crippen molar-refractivity contribution in [3.8, 4) is 0 Å². The molecule has 0 aliphatic rings. The van der Waals surface area contributed by atoms with Crippen LogP contribution < -0.4 is 5.32 Å². The van der Waals surface area contributed by atoms with Crippen molar-refractivity contribution >= 4 is 0 Å². The minimum Gasteiger partial charge on any atom is -0.338 e. The van der Waals surface area contributed by atoms with E-state index in [1.165, 1.54) is 0 Å². The van der Waals surface area contributed by atoms with E-state index in [0.29, 0.717) is 6.04 Å². The number of aromatic nitrogens is 2. The minimum absolute atomic E-state index is 0.347. The van der Waals surface area contributed by atoms with E-state index in [4.69, 9.17) is 0 Å². The third kappa shape index (κ3) is 2.33. The van der Waals surface area contributed by atoms with Crippen LogP contribution in [0.3, 0.4) is 0 Å². The van der Waals surface area contributed by atoms with Crippen molar-refractivity contribution < 1.29 is 0 Å². The van der Waals surface area contributed by atoms with Crippen LogP contribution in [0.25, 0.3) is 0 Å². The number of hydrogen-bond donors (Lipinski definition) is 1. The van der Waals surface area contributed by atoms with Gasteiger partial charge in [0, 0.05) is 19.8 Å². The largest absolute Gasteiger partial charge is 0.338 e. The molecule has 4 nitrogen and oxygen atoms in total. The fraction of sp³-hybridized carbons (Fsp3) is 0.700. The van der Waals surface area contributed by atoms with E-state index in [9.17, 15) is 0 Å². The number of nitrogens with zero attached hydrogens (tertiary/aromatic N) is 3. The van der Waals surface area contributed by atoms with Gasteiger partial charge in [-0.05, 0) is 28.1 Å². The molecule has 1 unspecified atom stereocenters. The maximum atomic E-state index is 4.53. The van der Waals surface area contributed by atoms with Crippen molar-refractivity contribution in [2.75, 3.05) is 27.7 Å². The maximum Gasteiger partial charge on any atom is 0.105 e. The van der Waals surface area contributed by atoms with Gasteiger partial charge >= 0.3 is 0 Å². The SMILES string of the molecule is CNCC(c1cn(C)c(C)n1)N(C)C. The van der Waals surface area contributed by atoms with Gasteiger partial charge in [0.2, 0.25) is 0 Å². The summed E-state index contributed by atoms with van der Waals surface area (Å²) in [6.45, 7) is 2.94. The molecule has 1 rings (SSSR count). The zero-order valence-corrected chi connectivity index (χ0v) is 9.70. The average molecular weight is 196 g/mol. The molecular weight excluding hydrogens is 176 g/mol. The molecule has 4 heteroatoms. The summed E-state index contributed by atoms with van der Waals surface area (Å²) >= 11 is 0. The van der Waals surface area contributed by atoms with Crippen LogP contribution in [0.1, 0.15) is 17.6 Å². The summed E-state index contributed by atoms with van der Waals surface area (Å²) in [6, 6.07) is 0.347. The van der Waals surface area contributed by atoms with Crippen LogP contribution in [0, 0.1) is 6.92 Å². The molecular formula is C10H20N4. The van der Waals surface area contributed by atoms with E-state index in [2.05, 4.69) is 40.1 Å². The number of imidazole rings is 1. The Balaban J connectivity index is 2.87. The number of likely N-dealkylation sites (N-methyl/N-ethyl adjacent to an activating group) is 2. The van der Waals surface area contributed by atoms with Crippen molar-refractivity contribution in [2.45, 2.75) is 13.0 Å². The Morgan fingerprint density at radius 3 is 2.57 bits per heavy atom. The summed E-state index contributed by atoms with van der Waals surface area (Å²) < 4.78 is 2.06. The second kappa shape index (κ2) is 4.57. The Hall–Kier alpha value is -0.870. The van der Waals surface area contributed by atoms with E-state index in [1.807, 2.05) is 21.0 Å². The third-order valence-corrected chi connectivity index (χ3v) is 2.49. The van der Waals surface area contributed by atoms with Crippen LogP contribution in [0.5, 0.6) is 0 Å². The summed E-state index contributed by atoms with van der Waals surface area (Å²) in [5, 5.41) is 3.19. The van der Waals surface area contributed by atoms with Crippen molar-refractivity contribution in [1.29, 1.82) is 0 Å². The van der Waals surface area contributed by atoms with Crippen LogP contribution >= 0.6 is 0 Å². The summed E-state index contributed by atoms with van der Waals surface area (Å²) in [4.78, 5) is 6.71. The molecule has 14 heavy (non-hydrogen) atoms. The first-order valence-electron chi connectivity index (χ1n) is 4.87. The molecule has 0 radical (unpaired) electrons. The van der Waals surface area contributed by atoms with Crippen molar-refractivity contribution in [3.05, 3.63) is 17.7 Å². The lowest BCUT2D eigenvalue weighted by atomic mass is 10.2. The van der Waals surface area contributed by atoms with Gasteiger partial charge in [-0.25, -0.2) is 4.98 Å². The summed E-state index contributed by atoms with van der Waals surface area (Å²) in [5.41, 5.74) is 1.13. The van der Waals surface area contributed by atoms with Gasteiger partial charge in [0.05, 0.1) is 11.7 Å². The molecule has 0 bridgehead atoms. The van der Waals surface area contributed by atoms with Crippen LogP contribution in [0.2, 0.25) is 0 Å². The Morgan fingerprint density at radius 2 is 2.21 bits per heavy atom. The molecule has 1 aromatic rings. The standard InChI is InChI=1S/C10H20N4/c1-8-12-9(7-14(8)5)10(6-11-2)13(3)4/h7,10-11H,6H2,1-5H3. The Bertz CT molecular complexity index is 271. The Labute approximate surface area is 85.9 Å². The molecule has 0 aromatic carbocycles. The van der Waals surface area contributed by atoms with Gasteiger partial charge in [-0.15, -0.1) is 0 Å². The highest BCUT2D eigenvalue weighted by atomic mass is 15.2. The maximum absolute atomic E-state index is 4.53. The van der Waals surface area contributed by atoms with Crippen LogP contribution in [-0.2, 0) is 7.05 Å².